The van der Waals surface area contributed by atoms with Gasteiger partial charge in [-0.1, -0.05) is 17.7 Å². The Labute approximate surface area is 90.1 Å². The van der Waals surface area contributed by atoms with Gasteiger partial charge in [0.15, 0.2) is 0 Å². The number of aliphatic hydroxyl groups is 1. The predicted molar refractivity (Wildman–Crippen MR) is 61.2 cm³/mol. The van der Waals surface area contributed by atoms with Crippen LogP contribution >= 0.6 is 11.6 Å². The number of benzene rings is 1. The van der Waals surface area contributed by atoms with Crippen LogP contribution in [0.3, 0.4) is 0 Å². The van der Waals surface area contributed by atoms with Gasteiger partial charge >= 0.3 is 0 Å². The molecule has 1 aromatic carbocycles. The van der Waals surface area contributed by atoms with Crippen molar-refractivity contribution in [3.05, 3.63) is 28.8 Å². The van der Waals surface area contributed by atoms with Gasteiger partial charge in [0.2, 0.25) is 0 Å². The summed E-state index contributed by atoms with van der Waals surface area (Å²) in [6.45, 7) is 3.08. The summed E-state index contributed by atoms with van der Waals surface area (Å²) in [5.74, 6) is 0. The van der Waals surface area contributed by atoms with E-state index in [1.165, 1.54) is 0 Å². The first-order valence-electron chi connectivity index (χ1n) is 4.74. The van der Waals surface area contributed by atoms with Crippen molar-refractivity contribution >= 4 is 17.3 Å². The Balaban J connectivity index is 2.79. The molecule has 0 aromatic heterocycles. The van der Waals surface area contributed by atoms with Crippen LogP contribution in [0.1, 0.15) is 12.0 Å². The van der Waals surface area contributed by atoms with Gasteiger partial charge in [-0.3, -0.25) is 0 Å². The van der Waals surface area contributed by atoms with Gasteiger partial charge in [0.05, 0.1) is 0 Å². The molecule has 0 radical (unpaired) electrons. The van der Waals surface area contributed by atoms with E-state index in [1.54, 1.807) is 0 Å². The molecule has 0 bridgehead atoms. The number of rotatable bonds is 4. The van der Waals surface area contributed by atoms with Crippen LogP contribution in [0.25, 0.3) is 0 Å². The van der Waals surface area contributed by atoms with E-state index in [0.717, 1.165) is 29.2 Å². The van der Waals surface area contributed by atoms with Gasteiger partial charge in [0.25, 0.3) is 0 Å². The molecule has 1 N–H and O–H groups in total. The third-order valence-electron chi connectivity index (χ3n) is 2.30. The fraction of sp³-hybridized carbons (Fsp3) is 0.455. The second-order valence-electron chi connectivity index (χ2n) is 3.38. The molecule has 1 rings (SSSR count). The van der Waals surface area contributed by atoms with Crippen LogP contribution in [0, 0.1) is 6.92 Å². The van der Waals surface area contributed by atoms with E-state index in [-0.39, 0.29) is 6.61 Å². The summed E-state index contributed by atoms with van der Waals surface area (Å²) >= 11 is 6.02. The molecule has 0 saturated heterocycles. The first kappa shape index (κ1) is 11.3. The summed E-state index contributed by atoms with van der Waals surface area (Å²) in [6.07, 6.45) is 0.780. The quantitative estimate of drug-likeness (QED) is 0.831. The highest BCUT2D eigenvalue weighted by molar-refractivity contribution is 6.31. The van der Waals surface area contributed by atoms with Crippen LogP contribution in [0.5, 0.6) is 0 Å². The summed E-state index contributed by atoms with van der Waals surface area (Å²) in [4.78, 5) is 2.11. The number of anilines is 1. The largest absolute Gasteiger partial charge is 0.396 e. The van der Waals surface area contributed by atoms with E-state index in [0.29, 0.717) is 0 Å². The van der Waals surface area contributed by atoms with Crippen molar-refractivity contribution in [1.82, 2.24) is 0 Å². The lowest BCUT2D eigenvalue weighted by Crippen LogP contribution is -2.20. The molecular weight excluding hydrogens is 198 g/mol. The Morgan fingerprint density at radius 1 is 1.43 bits per heavy atom. The summed E-state index contributed by atoms with van der Waals surface area (Å²) in [5, 5.41) is 9.52. The molecule has 2 nitrogen and oxygen atoms in total. The molecule has 14 heavy (non-hydrogen) atoms. The van der Waals surface area contributed by atoms with Crippen molar-refractivity contribution in [2.24, 2.45) is 0 Å². The molecule has 0 atom stereocenters. The normalized spacial score (nSPS) is 10.3. The van der Waals surface area contributed by atoms with Gasteiger partial charge < -0.3 is 10.0 Å². The van der Waals surface area contributed by atoms with Gasteiger partial charge in [0.1, 0.15) is 0 Å². The predicted octanol–water partition coefficient (Wildman–Crippen LogP) is 2.47. The minimum Gasteiger partial charge on any atom is -0.396 e. The lowest BCUT2D eigenvalue weighted by Gasteiger charge is -2.21. The van der Waals surface area contributed by atoms with Crippen LogP contribution in [0.15, 0.2) is 18.2 Å². The molecule has 0 spiro atoms. The van der Waals surface area contributed by atoms with E-state index in [4.69, 9.17) is 16.7 Å². The molecule has 0 unspecified atom stereocenters. The van der Waals surface area contributed by atoms with Gasteiger partial charge in [0, 0.05) is 30.9 Å². The van der Waals surface area contributed by atoms with Gasteiger partial charge in [-0.15, -0.1) is 0 Å². The smallest absolute Gasteiger partial charge is 0.0455 e. The molecule has 0 aliphatic rings. The van der Waals surface area contributed by atoms with E-state index in [1.807, 2.05) is 32.2 Å². The van der Waals surface area contributed by atoms with Crippen LogP contribution < -0.4 is 4.90 Å². The first-order chi connectivity index (χ1) is 6.66. The lowest BCUT2D eigenvalue weighted by molar-refractivity contribution is 0.290. The van der Waals surface area contributed by atoms with Crippen LogP contribution in [-0.4, -0.2) is 25.3 Å². The van der Waals surface area contributed by atoms with Gasteiger partial charge in [-0.05, 0) is 31.0 Å². The Morgan fingerprint density at radius 2 is 2.14 bits per heavy atom. The van der Waals surface area contributed by atoms with E-state index in [2.05, 4.69) is 4.90 Å². The van der Waals surface area contributed by atoms with Gasteiger partial charge in [-0.25, -0.2) is 0 Å². The molecule has 1 aromatic rings. The highest BCUT2D eigenvalue weighted by Crippen LogP contribution is 2.25. The van der Waals surface area contributed by atoms with Crippen LogP contribution in [0.2, 0.25) is 5.02 Å². The zero-order valence-electron chi connectivity index (χ0n) is 8.63. The van der Waals surface area contributed by atoms with Crippen LogP contribution in [0.4, 0.5) is 5.69 Å². The SMILES string of the molecule is Cc1c(Cl)cccc1N(C)CCCO. The molecule has 3 heteroatoms. The Morgan fingerprint density at radius 3 is 2.79 bits per heavy atom. The zero-order chi connectivity index (χ0) is 10.6. The summed E-state index contributed by atoms with van der Waals surface area (Å²) in [7, 11) is 2.01. The molecule has 0 saturated carbocycles. The maximum atomic E-state index is 8.73. The van der Waals surface area contributed by atoms with E-state index in [9.17, 15) is 0 Å². The molecule has 0 fully saturated rings. The lowest BCUT2D eigenvalue weighted by atomic mass is 10.2. The van der Waals surface area contributed by atoms with Gasteiger partial charge in [-0.2, -0.15) is 0 Å². The fourth-order valence-corrected chi connectivity index (χ4v) is 1.61. The Bertz CT molecular complexity index is 301. The average Bonchev–Trinajstić information content (AvgIpc) is 2.18. The standard InChI is InChI=1S/C11H16ClNO/c1-9-10(12)5-3-6-11(9)13(2)7-4-8-14/h3,5-6,14H,4,7-8H2,1-2H3. The van der Waals surface area contributed by atoms with Crippen molar-refractivity contribution in [2.45, 2.75) is 13.3 Å². The maximum Gasteiger partial charge on any atom is 0.0455 e. The topological polar surface area (TPSA) is 23.5 Å². The molecular formula is C11H16ClNO. The number of aliphatic hydroxyl groups excluding tert-OH is 1. The minimum atomic E-state index is 0.226. The number of halogens is 1. The highest BCUT2D eigenvalue weighted by Gasteiger charge is 2.05. The van der Waals surface area contributed by atoms with Crippen molar-refractivity contribution in [2.75, 3.05) is 25.1 Å². The molecule has 0 aliphatic carbocycles. The van der Waals surface area contributed by atoms with Crippen molar-refractivity contribution in [3.63, 3.8) is 0 Å². The Kier molecular flexibility index (Phi) is 4.23. The number of nitrogens with zero attached hydrogens (tertiary/aromatic N) is 1. The third-order valence-corrected chi connectivity index (χ3v) is 2.71. The fourth-order valence-electron chi connectivity index (χ4n) is 1.44. The third kappa shape index (κ3) is 2.63. The minimum absolute atomic E-state index is 0.226. The zero-order valence-corrected chi connectivity index (χ0v) is 9.38. The maximum absolute atomic E-state index is 8.73. The van der Waals surface area contributed by atoms with Crippen molar-refractivity contribution < 1.29 is 5.11 Å². The summed E-state index contributed by atoms with van der Waals surface area (Å²) in [6, 6.07) is 5.87. The van der Waals surface area contributed by atoms with E-state index < -0.39 is 0 Å². The number of hydrogen-bond acceptors (Lipinski definition) is 2. The van der Waals surface area contributed by atoms with Crippen molar-refractivity contribution in [1.29, 1.82) is 0 Å². The second-order valence-corrected chi connectivity index (χ2v) is 3.79. The monoisotopic (exact) mass is 213 g/mol. The molecule has 78 valence electrons. The Hall–Kier alpha value is -0.730. The first-order valence-corrected chi connectivity index (χ1v) is 5.11. The highest BCUT2D eigenvalue weighted by atomic mass is 35.5. The molecule has 0 amide bonds. The molecule has 0 aliphatic heterocycles. The average molecular weight is 214 g/mol. The second kappa shape index (κ2) is 5.23. The molecule has 0 heterocycles. The summed E-state index contributed by atoms with van der Waals surface area (Å²) in [5.41, 5.74) is 2.22. The summed E-state index contributed by atoms with van der Waals surface area (Å²) < 4.78 is 0. The number of hydrogen-bond donors (Lipinski definition) is 1. The van der Waals surface area contributed by atoms with E-state index >= 15 is 0 Å². The van der Waals surface area contributed by atoms with Crippen LogP contribution in [-0.2, 0) is 0 Å². The van der Waals surface area contributed by atoms with Crippen molar-refractivity contribution in [3.8, 4) is 0 Å².